The summed E-state index contributed by atoms with van der Waals surface area (Å²) < 4.78 is 4.84. The Balaban J connectivity index is 2.99. The van der Waals surface area contributed by atoms with Gasteiger partial charge in [0.1, 0.15) is 6.61 Å². The number of hydrogen-bond acceptors (Lipinski definition) is 2. The van der Waals surface area contributed by atoms with Gasteiger partial charge in [-0.15, -0.1) is 0 Å². The molecule has 0 spiro atoms. The highest BCUT2D eigenvalue weighted by atomic mass is 16.5. The fourth-order valence-corrected chi connectivity index (χ4v) is 0.331. The smallest absolute Gasteiger partial charge is 0.113 e. The van der Waals surface area contributed by atoms with E-state index in [1.54, 1.807) is 6.26 Å². The maximum atomic E-state index is 8.58. The molecule has 2 heteroatoms. The maximum Gasteiger partial charge on any atom is 0.113 e. The molecule has 0 bridgehead atoms. The van der Waals surface area contributed by atoms with Crippen molar-refractivity contribution in [3.63, 3.8) is 0 Å². The van der Waals surface area contributed by atoms with E-state index in [4.69, 9.17) is 9.84 Å². The number of aliphatic hydroxyl groups excluding tert-OH is 1. The molecule has 0 saturated heterocycles. The Bertz CT molecular complexity index is 77.0. The highest BCUT2D eigenvalue weighted by Gasteiger charge is 1.90. The van der Waals surface area contributed by atoms with Gasteiger partial charge in [-0.05, 0) is 13.3 Å². The molecule has 0 aromatic heterocycles. The van der Waals surface area contributed by atoms with Crippen LogP contribution >= 0.6 is 0 Å². The van der Waals surface area contributed by atoms with Gasteiger partial charge < -0.3 is 9.84 Å². The summed E-state index contributed by atoms with van der Waals surface area (Å²) in [6, 6.07) is 0. The molecule has 0 aromatic carbocycles. The van der Waals surface area contributed by atoms with Gasteiger partial charge in [-0.25, -0.2) is 0 Å². The summed E-state index contributed by atoms with van der Waals surface area (Å²) in [5.74, 6) is 0. The Labute approximate surface area is 56.1 Å². The predicted octanol–water partition coefficient (Wildman–Crippen LogP) is 1.12. The second-order valence-electron chi connectivity index (χ2n) is 1.77. The van der Waals surface area contributed by atoms with Gasteiger partial charge in [0.05, 0.1) is 12.4 Å². The van der Waals surface area contributed by atoms with E-state index in [1.807, 2.05) is 13.0 Å². The molecule has 0 aliphatic rings. The molecule has 0 heterocycles. The van der Waals surface area contributed by atoms with E-state index in [0.717, 1.165) is 6.42 Å². The second-order valence-corrected chi connectivity index (χ2v) is 1.77. The summed E-state index contributed by atoms with van der Waals surface area (Å²) in [5.41, 5.74) is 0. The number of ether oxygens (including phenoxy) is 1. The van der Waals surface area contributed by atoms with Crippen LogP contribution in [0, 0.1) is 6.92 Å². The minimum Gasteiger partial charge on any atom is -0.499 e. The van der Waals surface area contributed by atoms with E-state index in [1.165, 1.54) is 0 Å². The van der Waals surface area contributed by atoms with Crippen molar-refractivity contribution in [3.05, 3.63) is 19.3 Å². The maximum absolute atomic E-state index is 8.58. The average molecular weight is 129 g/mol. The van der Waals surface area contributed by atoms with Gasteiger partial charge in [-0.3, -0.25) is 0 Å². The fraction of sp³-hybridized carbons (Fsp3) is 0.571. The summed E-state index contributed by atoms with van der Waals surface area (Å²) in [7, 11) is 0. The van der Waals surface area contributed by atoms with Crippen LogP contribution in [0.1, 0.15) is 13.3 Å². The first kappa shape index (κ1) is 8.50. The Hall–Kier alpha value is -0.500. The molecule has 53 valence electrons. The zero-order valence-corrected chi connectivity index (χ0v) is 5.71. The van der Waals surface area contributed by atoms with Crippen molar-refractivity contribution in [2.75, 3.05) is 6.61 Å². The first-order valence-corrected chi connectivity index (χ1v) is 3.05. The standard InChI is InChI=1S/C7H13O2/c1-3-4-5-9-6-7(2)8/h4-5,7-8H,2-3,6H2,1H3/b5-4+. The Kier molecular flexibility index (Phi) is 5.32. The number of aliphatic hydroxyl groups is 1. The lowest BCUT2D eigenvalue weighted by molar-refractivity contribution is 0.115. The third-order valence-corrected chi connectivity index (χ3v) is 0.717. The molecule has 0 rings (SSSR count). The third-order valence-electron chi connectivity index (χ3n) is 0.717. The minimum absolute atomic E-state index is 0.274. The quantitative estimate of drug-likeness (QED) is 0.576. The van der Waals surface area contributed by atoms with E-state index in [0.29, 0.717) is 0 Å². The summed E-state index contributed by atoms with van der Waals surface area (Å²) in [6.45, 7) is 5.62. The van der Waals surface area contributed by atoms with E-state index < -0.39 is 6.10 Å². The van der Waals surface area contributed by atoms with Crippen molar-refractivity contribution in [3.8, 4) is 0 Å². The first-order valence-electron chi connectivity index (χ1n) is 3.05. The van der Waals surface area contributed by atoms with E-state index >= 15 is 0 Å². The Morgan fingerprint density at radius 2 is 2.44 bits per heavy atom. The summed E-state index contributed by atoms with van der Waals surface area (Å²) in [4.78, 5) is 0. The lowest BCUT2D eigenvalue weighted by atomic mass is 10.4. The normalized spacial score (nSPS) is 14.1. The second kappa shape index (κ2) is 5.63. The zero-order valence-electron chi connectivity index (χ0n) is 5.71. The van der Waals surface area contributed by atoms with Crippen LogP contribution in [0.25, 0.3) is 0 Å². The van der Waals surface area contributed by atoms with Gasteiger partial charge in [-0.1, -0.05) is 13.0 Å². The van der Waals surface area contributed by atoms with E-state index in [-0.39, 0.29) is 6.61 Å². The van der Waals surface area contributed by atoms with Crippen LogP contribution in [0.5, 0.6) is 0 Å². The van der Waals surface area contributed by atoms with Crippen LogP contribution in [-0.2, 0) is 4.74 Å². The molecular formula is C7H13O2. The van der Waals surface area contributed by atoms with Gasteiger partial charge in [0, 0.05) is 0 Å². The molecule has 2 nitrogen and oxygen atoms in total. The third kappa shape index (κ3) is 7.50. The molecule has 1 unspecified atom stereocenters. The topological polar surface area (TPSA) is 29.5 Å². The molecule has 0 aliphatic carbocycles. The predicted molar refractivity (Wildman–Crippen MR) is 36.7 cm³/mol. The highest BCUT2D eigenvalue weighted by Crippen LogP contribution is 1.85. The molecule has 1 radical (unpaired) electrons. The van der Waals surface area contributed by atoms with Crippen LogP contribution in [0.4, 0.5) is 0 Å². The molecule has 0 aromatic rings. The monoisotopic (exact) mass is 129 g/mol. The molecule has 1 N–H and O–H groups in total. The van der Waals surface area contributed by atoms with Crippen LogP contribution in [0.3, 0.4) is 0 Å². The lowest BCUT2D eigenvalue weighted by Gasteiger charge is -2.01. The molecule has 1 atom stereocenters. The van der Waals surface area contributed by atoms with E-state index in [2.05, 4.69) is 6.92 Å². The van der Waals surface area contributed by atoms with Gasteiger partial charge in [0.2, 0.25) is 0 Å². The molecule has 0 fully saturated rings. The molecule has 0 saturated carbocycles. The molecule has 0 aliphatic heterocycles. The zero-order chi connectivity index (χ0) is 7.11. The van der Waals surface area contributed by atoms with Crippen molar-refractivity contribution in [2.24, 2.45) is 0 Å². The van der Waals surface area contributed by atoms with Crippen molar-refractivity contribution in [2.45, 2.75) is 19.4 Å². The SMILES string of the molecule is [CH2]C(O)CO/C=C/CC. The Morgan fingerprint density at radius 1 is 1.78 bits per heavy atom. The Morgan fingerprint density at radius 3 is 2.89 bits per heavy atom. The van der Waals surface area contributed by atoms with Gasteiger partial charge in [0.25, 0.3) is 0 Å². The van der Waals surface area contributed by atoms with Gasteiger partial charge in [0.15, 0.2) is 0 Å². The number of rotatable bonds is 4. The van der Waals surface area contributed by atoms with Gasteiger partial charge >= 0.3 is 0 Å². The summed E-state index contributed by atoms with van der Waals surface area (Å²) in [6.07, 6.45) is 3.79. The minimum atomic E-state index is -0.619. The number of hydrogen-bond donors (Lipinski definition) is 1. The summed E-state index contributed by atoms with van der Waals surface area (Å²) in [5, 5.41) is 8.58. The van der Waals surface area contributed by atoms with Crippen LogP contribution in [-0.4, -0.2) is 17.8 Å². The first-order chi connectivity index (χ1) is 4.27. The van der Waals surface area contributed by atoms with Crippen molar-refractivity contribution in [1.29, 1.82) is 0 Å². The van der Waals surface area contributed by atoms with Crippen molar-refractivity contribution in [1.82, 2.24) is 0 Å². The largest absolute Gasteiger partial charge is 0.499 e. The molecule has 0 amide bonds. The fourth-order valence-electron chi connectivity index (χ4n) is 0.331. The molecule has 9 heavy (non-hydrogen) atoms. The van der Waals surface area contributed by atoms with Gasteiger partial charge in [-0.2, -0.15) is 0 Å². The summed E-state index contributed by atoms with van der Waals surface area (Å²) >= 11 is 0. The number of allylic oxidation sites excluding steroid dienone is 1. The molecular weight excluding hydrogens is 116 g/mol. The van der Waals surface area contributed by atoms with Crippen molar-refractivity contribution >= 4 is 0 Å². The van der Waals surface area contributed by atoms with Crippen molar-refractivity contribution < 1.29 is 9.84 Å². The lowest BCUT2D eigenvalue weighted by Crippen LogP contribution is -2.07. The average Bonchev–Trinajstić information content (AvgIpc) is 1.80. The van der Waals surface area contributed by atoms with E-state index in [9.17, 15) is 0 Å². The van der Waals surface area contributed by atoms with Crippen LogP contribution < -0.4 is 0 Å². The highest BCUT2D eigenvalue weighted by molar-refractivity contribution is 4.71. The van der Waals surface area contributed by atoms with Crippen LogP contribution in [0.15, 0.2) is 12.3 Å². The van der Waals surface area contributed by atoms with Crippen LogP contribution in [0.2, 0.25) is 0 Å².